The number of amides is 1. The highest BCUT2D eigenvalue weighted by molar-refractivity contribution is 5.88. The largest absolute Gasteiger partial charge is 0.497 e. The first-order valence-electron chi connectivity index (χ1n) is 10.1. The molecule has 1 aliphatic rings. The van der Waals surface area contributed by atoms with E-state index in [2.05, 4.69) is 25.3 Å². The molecular weight excluding hydrogens is 400 g/mol. The predicted octanol–water partition coefficient (Wildman–Crippen LogP) is 2.94. The number of hydrogen-bond donors (Lipinski definition) is 2. The molecule has 1 aromatic carbocycles. The van der Waals surface area contributed by atoms with Crippen LogP contribution >= 0.6 is 0 Å². The molecule has 10 heteroatoms. The van der Waals surface area contributed by atoms with Gasteiger partial charge >= 0.3 is 6.09 Å². The number of nitrogens with zero attached hydrogens (tertiary/aromatic N) is 4. The molecule has 1 amide bonds. The Morgan fingerprint density at radius 3 is 2.84 bits per heavy atom. The van der Waals surface area contributed by atoms with Crippen molar-refractivity contribution in [3.8, 4) is 5.75 Å². The lowest BCUT2D eigenvalue weighted by Crippen LogP contribution is -2.35. The summed E-state index contributed by atoms with van der Waals surface area (Å²) in [5, 5.41) is 4.00. The molecule has 1 aliphatic heterocycles. The molecule has 2 N–H and O–H groups in total. The number of rotatable bonds is 6. The number of ether oxygens (including phenoxy) is 2. The standard InChI is InChI=1S/C21H24N6O4/c1-5-14-10-31-21(29)27(14)20-24-12(3)23-19(26-20)22-11(2)16-9-13-8-15(30-4)6-7-17(13)25-18(16)28/h6-9,11,14H,5,10H2,1-4H3,(H,25,28)(H,22,23,24,26)/t11-,14+/m1/s1. The van der Waals surface area contributed by atoms with Gasteiger partial charge in [-0.1, -0.05) is 6.92 Å². The zero-order valence-electron chi connectivity index (χ0n) is 17.8. The van der Waals surface area contributed by atoms with Crippen molar-refractivity contribution >= 4 is 28.9 Å². The van der Waals surface area contributed by atoms with E-state index in [1.165, 1.54) is 4.90 Å². The number of aromatic amines is 1. The Hall–Kier alpha value is -3.69. The molecule has 31 heavy (non-hydrogen) atoms. The van der Waals surface area contributed by atoms with Crippen molar-refractivity contribution in [1.82, 2.24) is 19.9 Å². The molecule has 10 nitrogen and oxygen atoms in total. The third-order valence-electron chi connectivity index (χ3n) is 5.28. The van der Waals surface area contributed by atoms with Crippen molar-refractivity contribution in [1.29, 1.82) is 0 Å². The maximum Gasteiger partial charge on any atom is 0.417 e. The minimum Gasteiger partial charge on any atom is -0.497 e. The number of H-pyrrole nitrogens is 1. The SMILES string of the molecule is CC[C@H]1COC(=O)N1c1nc(C)nc(N[C@H](C)c2cc3cc(OC)ccc3[nH]c2=O)n1. The van der Waals surface area contributed by atoms with Crippen molar-refractivity contribution in [3.63, 3.8) is 0 Å². The van der Waals surface area contributed by atoms with Gasteiger partial charge in [-0.15, -0.1) is 0 Å². The third-order valence-corrected chi connectivity index (χ3v) is 5.28. The van der Waals surface area contributed by atoms with Crippen LogP contribution < -0.4 is 20.5 Å². The summed E-state index contributed by atoms with van der Waals surface area (Å²) >= 11 is 0. The zero-order chi connectivity index (χ0) is 22.1. The summed E-state index contributed by atoms with van der Waals surface area (Å²) < 4.78 is 10.4. The van der Waals surface area contributed by atoms with Crippen molar-refractivity contribution in [2.75, 3.05) is 23.9 Å². The number of carbonyl (C=O) groups excluding carboxylic acids is 1. The van der Waals surface area contributed by atoms with Gasteiger partial charge in [0.15, 0.2) is 0 Å². The average molecular weight is 424 g/mol. The Balaban J connectivity index is 1.65. The van der Waals surface area contributed by atoms with E-state index in [0.29, 0.717) is 30.2 Å². The first-order valence-corrected chi connectivity index (χ1v) is 10.1. The molecule has 0 bridgehead atoms. The molecular formula is C21H24N6O4. The summed E-state index contributed by atoms with van der Waals surface area (Å²) in [7, 11) is 1.60. The molecule has 2 atom stereocenters. The average Bonchev–Trinajstić information content (AvgIpc) is 3.13. The smallest absolute Gasteiger partial charge is 0.417 e. The van der Waals surface area contributed by atoms with E-state index in [4.69, 9.17) is 9.47 Å². The Morgan fingerprint density at radius 2 is 2.10 bits per heavy atom. The number of aromatic nitrogens is 4. The molecule has 0 unspecified atom stereocenters. The molecule has 162 valence electrons. The minimum atomic E-state index is -0.476. The van der Waals surface area contributed by atoms with Crippen LogP contribution in [0.15, 0.2) is 29.1 Å². The highest BCUT2D eigenvalue weighted by Gasteiger charge is 2.35. The third kappa shape index (κ3) is 4.00. The second kappa shape index (κ2) is 8.21. The number of methoxy groups -OCH3 is 1. The minimum absolute atomic E-state index is 0.127. The lowest BCUT2D eigenvalue weighted by atomic mass is 10.1. The van der Waals surface area contributed by atoms with Gasteiger partial charge in [0.1, 0.15) is 18.2 Å². The fraction of sp³-hybridized carbons (Fsp3) is 0.381. The Bertz CT molecular complexity index is 1190. The van der Waals surface area contributed by atoms with Crippen LogP contribution in [0.5, 0.6) is 5.75 Å². The van der Waals surface area contributed by atoms with Crippen LogP contribution in [-0.4, -0.2) is 45.8 Å². The van der Waals surface area contributed by atoms with Crippen LogP contribution in [0.2, 0.25) is 0 Å². The molecule has 0 aliphatic carbocycles. The summed E-state index contributed by atoms with van der Waals surface area (Å²) in [6.45, 7) is 5.83. The summed E-state index contributed by atoms with van der Waals surface area (Å²) in [5.41, 5.74) is 1.03. The van der Waals surface area contributed by atoms with Gasteiger partial charge in [0, 0.05) is 16.5 Å². The van der Waals surface area contributed by atoms with E-state index >= 15 is 0 Å². The fourth-order valence-corrected chi connectivity index (χ4v) is 3.57. The zero-order valence-corrected chi connectivity index (χ0v) is 17.8. The molecule has 4 rings (SSSR count). The van der Waals surface area contributed by atoms with Crippen LogP contribution in [0.1, 0.15) is 37.7 Å². The maximum absolute atomic E-state index is 12.6. The van der Waals surface area contributed by atoms with Gasteiger partial charge in [0.25, 0.3) is 5.56 Å². The highest BCUT2D eigenvalue weighted by atomic mass is 16.6. The highest BCUT2D eigenvalue weighted by Crippen LogP contribution is 2.24. The van der Waals surface area contributed by atoms with Gasteiger partial charge in [0.2, 0.25) is 11.9 Å². The number of cyclic esters (lactones) is 1. The normalized spacial score (nSPS) is 17.0. The number of anilines is 2. The van der Waals surface area contributed by atoms with Gasteiger partial charge in [-0.2, -0.15) is 15.0 Å². The van der Waals surface area contributed by atoms with E-state index in [0.717, 1.165) is 10.9 Å². The van der Waals surface area contributed by atoms with Gasteiger partial charge < -0.3 is 19.8 Å². The number of fused-ring (bicyclic) bond motifs is 1. The molecule has 3 heterocycles. The van der Waals surface area contributed by atoms with Crippen molar-refractivity contribution in [2.24, 2.45) is 0 Å². The van der Waals surface area contributed by atoms with E-state index in [9.17, 15) is 9.59 Å². The van der Waals surface area contributed by atoms with Gasteiger partial charge in [-0.3, -0.25) is 4.79 Å². The molecule has 3 aromatic rings. The van der Waals surface area contributed by atoms with Crippen LogP contribution in [0.25, 0.3) is 10.9 Å². The first-order chi connectivity index (χ1) is 14.9. The number of aryl methyl sites for hydroxylation is 1. The van der Waals surface area contributed by atoms with E-state index in [1.54, 1.807) is 26.2 Å². The van der Waals surface area contributed by atoms with Gasteiger partial charge in [0.05, 0.1) is 19.2 Å². The quantitative estimate of drug-likeness (QED) is 0.619. The molecule has 2 aromatic heterocycles. The van der Waals surface area contributed by atoms with Crippen molar-refractivity contribution < 1.29 is 14.3 Å². The van der Waals surface area contributed by atoms with E-state index in [-0.39, 0.29) is 23.5 Å². The first kappa shape index (κ1) is 20.6. The monoisotopic (exact) mass is 424 g/mol. The Morgan fingerprint density at radius 1 is 1.29 bits per heavy atom. The lowest BCUT2D eigenvalue weighted by molar-refractivity contribution is 0.178. The molecule has 0 spiro atoms. The summed E-state index contributed by atoms with van der Waals surface area (Å²) in [6.07, 6.45) is 0.238. The fourth-order valence-electron chi connectivity index (χ4n) is 3.57. The second-order valence-corrected chi connectivity index (χ2v) is 7.39. The predicted molar refractivity (Wildman–Crippen MR) is 116 cm³/mol. The Kier molecular flexibility index (Phi) is 5.45. The van der Waals surface area contributed by atoms with E-state index < -0.39 is 12.1 Å². The number of hydrogen-bond acceptors (Lipinski definition) is 8. The Labute approximate surface area is 178 Å². The molecule has 1 saturated heterocycles. The van der Waals surface area contributed by atoms with Gasteiger partial charge in [-0.05, 0) is 44.5 Å². The van der Waals surface area contributed by atoms with Crippen LogP contribution in [0, 0.1) is 6.92 Å². The van der Waals surface area contributed by atoms with Gasteiger partial charge in [-0.25, -0.2) is 9.69 Å². The molecule has 0 saturated carbocycles. The maximum atomic E-state index is 12.6. The summed E-state index contributed by atoms with van der Waals surface area (Å²) in [5.74, 6) is 1.65. The van der Waals surface area contributed by atoms with E-state index in [1.807, 2.05) is 26.0 Å². The molecule has 1 fully saturated rings. The number of benzene rings is 1. The summed E-state index contributed by atoms with van der Waals surface area (Å²) in [6, 6.07) is 6.74. The van der Waals surface area contributed by atoms with Crippen LogP contribution in [0.3, 0.4) is 0 Å². The van der Waals surface area contributed by atoms with Crippen molar-refractivity contribution in [2.45, 2.75) is 39.3 Å². The second-order valence-electron chi connectivity index (χ2n) is 7.39. The van der Waals surface area contributed by atoms with Crippen LogP contribution in [0.4, 0.5) is 16.7 Å². The number of nitrogens with one attached hydrogen (secondary N) is 2. The summed E-state index contributed by atoms with van der Waals surface area (Å²) in [4.78, 5) is 42.2. The topological polar surface area (TPSA) is 122 Å². The number of pyridine rings is 1. The lowest BCUT2D eigenvalue weighted by Gasteiger charge is -2.20. The van der Waals surface area contributed by atoms with Crippen molar-refractivity contribution in [3.05, 3.63) is 46.0 Å². The number of carbonyl (C=O) groups is 1. The molecule has 0 radical (unpaired) electrons. The van der Waals surface area contributed by atoms with Crippen LogP contribution in [-0.2, 0) is 4.74 Å².